The van der Waals surface area contributed by atoms with E-state index in [4.69, 9.17) is 4.74 Å². The number of aliphatic hydroxyl groups is 2. The van der Waals surface area contributed by atoms with Crippen molar-refractivity contribution in [2.75, 3.05) is 7.11 Å². The maximum atomic E-state index is 10.4. The third-order valence-electron chi connectivity index (χ3n) is 16.4. The summed E-state index contributed by atoms with van der Waals surface area (Å²) >= 11 is -0.541. The number of hydrogen-bond donors (Lipinski definition) is 2. The number of aryl methyl sites for hydroxylation is 2. The number of methoxy groups -OCH3 is 1. The third-order valence-corrected chi connectivity index (χ3v) is 25.9. The van der Waals surface area contributed by atoms with Crippen LogP contribution in [-0.2, 0) is 34.2 Å². The fourth-order valence-electron chi connectivity index (χ4n) is 10.8. The Morgan fingerprint density at radius 3 is 0.913 bits per heavy atom. The Morgan fingerprint density at radius 1 is 0.417 bits per heavy atom. The van der Waals surface area contributed by atoms with E-state index in [1.54, 1.807) is 19.2 Å². The molecule has 11 aromatic carbocycles. The monoisotopic (exact) mass is 1780 g/mol. The van der Waals surface area contributed by atoms with Crippen molar-refractivity contribution in [2.45, 2.75) is 124 Å². The van der Waals surface area contributed by atoms with Gasteiger partial charge in [-0.25, -0.2) is 8.42 Å². The van der Waals surface area contributed by atoms with Gasteiger partial charge in [-0.05, 0) is 19.1 Å². The minimum absolute atomic E-state index is 0.0366. The number of ether oxygens (including phenoxy) is 1. The van der Waals surface area contributed by atoms with Gasteiger partial charge >= 0.3 is 430 Å². The van der Waals surface area contributed by atoms with Crippen molar-refractivity contribution < 1.29 is 117 Å². The first kappa shape index (κ1) is 85.2. The van der Waals surface area contributed by atoms with Gasteiger partial charge in [0.25, 0.3) is 0 Å². The van der Waals surface area contributed by atoms with Crippen LogP contribution < -0.4 is 90.2 Å². The Morgan fingerprint density at radius 2 is 0.670 bits per heavy atom. The van der Waals surface area contributed by atoms with E-state index in [0.717, 1.165) is 20.3 Å². The molecule has 18 heteroatoms. The molecule has 0 fully saturated rings. The molecule has 0 aliphatic carbocycles. The Hall–Kier alpha value is -6.69. The summed E-state index contributed by atoms with van der Waals surface area (Å²) in [5.74, 6) is 1.92. The summed E-state index contributed by atoms with van der Waals surface area (Å²) in [6.07, 6.45) is -1.22. The average molecular weight is 1780 g/mol. The molecule has 0 aliphatic heterocycles. The van der Waals surface area contributed by atoms with Gasteiger partial charge in [0.1, 0.15) is 16.3 Å². The van der Waals surface area contributed by atoms with Gasteiger partial charge in [0.15, 0.2) is 0 Å². The normalized spacial score (nSPS) is 12.3. The van der Waals surface area contributed by atoms with Crippen LogP contribution in [0.25, 0.3) is 0 Å². The first-order valence-electron chi connectivity index (χ1n) is 33.6. The van der Waals surface area contributed by atoms with Crippen LogP contribution in [0.2, 0.25) is 0 Å². The van der Waals surface area contributed by atoms with E-state index in [9.17, 15) is 48.4 Å². The molecule has 6 nitrogen and oxygen atoms in total. The Labute approximate surface area is 638 Å². The summed E-state index contributed by atoms with van der Waals surface area (Å²) in [5.41, 5.74) is 15.4. The van der Waals surface area contributed by atoms with Crippen molar-refractivity contribution in [1.82, 2.24) is 0 Å². The van der Waals surface area contributed by atoms with Gasteiger partial charge in [0.05, 0.1) is 4.90 Å². The quantitative estimate of drug-likeness (QED) is 0.0328. The predicted molar refractivity (Wildman–Crippen MR) is 402 cm³/mol. The van der Waals surface area contributed by atoms with Crippen molar-refractivity contribution in [3.8, 4) is 5.75 Å². The molecule has 0 saturated carbocycles. The summed E-state index contributed by atoms with van der Waals surface area (Å²) in [5, 5.41) is 19.1. The van der Waals surface area contributed by atoms with Crippen molar-refractivity contribution in [3.05, 3.63) is 345 Å². The van der Waals surface area contributed by atoms with Crippen LogP contribution in [0.5, 0.6) is 5.75 Å². The van der Waals surface area contributed by atoms with E-state index in [1.807, 2.05) is 19.1 Å². The molecule has 2 N–H and O–H groups in total. The molecule has 0 saturated heterocycles. The molecule has 11 aromatic rings. The molecule has 0 spiro atoms. The molecule has 103 heavy (non-hydrogen) atoms. The largest absolute Gasteiger partial charge is 0.195 e. The molecule has 552 valence electrons. The van der Waals surface area contributed by atoms with Crippen LogP contribution in [0.1, 0.15) is 126 Å². The van der Waals surface area contributed by atoms with E-state index in [1.165, 1.54) is 79.7 Å². The standard InChI is InChI=1S/C24H20B.C20H26I.C18H22I.C16H18IO3.C7H8O3S.F6P/c1-5-13-21(14-6-1)25(22-15-7-2-8-16-22,23-17-9-3-10-18-23)24-19-11-4-12-20-24;1-19(2,3)15-7-11-17(12-8-15)21-18-13-9-16(10-14-18)20(4,5)6;1-13(2)15-5-9-17(10-6-15)19-18-11-7-16(8-12-18)14(3)4;1-11-3-5-14(6-4-11)17-16-12(9-18)7-15(20-2)8-13(16)10-19;1-6-2-4-7(5-3-6)11(8,9)10;1-7(2,3,4,5)6/h1-20H;7-14H,1-6H3;5-14H,1-4H3;3-8,18-19H,9-10H2,1-2H3;2-5H,1H3,(H,8,9,10);/q4*-1;;-1/p-1. The second kappa shape index (κ2) is 37.5. The summed E-state index contributed by atoms with van der Waals surface area (Å²) < 4.78 is 104. The minimum Gasteiger partial charge on any atom is -0.195 e. The Kier molecular flexibility index (Phi) is 31.1. The van der Waals surface area contributed by atoms with E-state index >= 15 is 0 Å². The fraction of sp³-hybridized carbons (Fsp3) is 0.224. The van der Waals surface area contributed by atoms with Gasteiger partial charge in [0.2, 0.25) is 0 Å². The van der Waals surface area contributed by atoms with Crippen LogP contribution in [0.3, 0.4) is 0 Å². The van der Waals surface area contributed by atoms with Gasteiger partial charge < -0.3 is 4.55 Å². The molecule has 0 heterocycles. The SMILES string of the molecule is CC(C)(C)c1ccc([I-]c2ccc(C(C)(C)C)cc2)cc1.CC(C)c1ccc([I-]c2ccc(C(C)C)cc2)cc1.COc1cc(CO)c([I-]c2ccc(C)cc2)c(CO)c1.Cc1ccc(S(=O)(=O)[O-])cc1.F[P-](F)(F)(F)(F)F.c1ccc([B-](c2ccccc2)(c2ccccc2)c2ccccc2)cc1. The average Bonchev–Trinajstić information content (AvgIpc) is 0.741. The van der Waals surface area contributed by atoms with Gasteiger partial charge in [-0.2, -0.15) is 21.9 Å². The Bertz CT molecular complexity index is 4180. The van der Waals surface area contributed by atoms with E-state index in [-0.39, 0.29) is 71.3 Å². The molecule has 0 aliphatic rings. The molecule has 0 bridgehead atoms. The minimum atomic E-state index is -10.7. The van der Waals surface area contributed by atoms with Crippen molar-refractivity contribution in [1.29, 1.82) is 0 Å². The van der Waals surface area contributed by atoms with E-state index in [0.29, 0.717) is 17.6 Å². The van der Waals surface area contributed by atoms with Crippen molar-refractivity contribution in [2.24, 2.45) is 0 Å². The van der Waals surface area contributed by atoms with Gasteiger partial charge in [0, 0.05) is 0 Å². The molecule has 0 radical (unpaired) electrons. The van der Waals surface area contributed by atoms with Crippen molar-refractivity contribution >= 4 is 45.9 Å². The maximum absolute atomic E-state index is 10.7. The summed E-state index contributed by atoms with van der Waals surface area (Å²) in [4.78, 5) is -0.178. The first-order chi connectivity index (χ1) is 48.3. The molecule has 11 rings (SSSR count). The Balaban J connectivity index is 0.000000201. The number of hydrogen-bond acceptors (Lipinski definition) is 6. The fourth-order valence-corrected chi connectivity index (χ4v) is 18.3. The number of benzene rings is 11. The zero-order chi connectivity index (χ0) is 75.9. The second-order valence-electron chi connectivity index (χ2n) is 27.3. The number of halogens is 9. The van der Waals surface area contributed by atoms with Gasteiger partial charge in [-0.15, -0.1) is 0 Å². The van der Waals surface area contributed by atoms with Crippen LogP contribution in [0, 0.1) is 35.3 Å². The smallest absolute Gasteiger partial charge is 0.108 e. The number of rotatable bonds is 16. The molecular weight excluding hydrogens is 1690 g/mol. The van der Waals surface area contributed by atoms with Gasteiger partial charge in [-0.1, -0.05) is 139 Å². The second-order valence-corrected chi connectivity index (χ2v) is 39.5. The summed E-state index contributed by atoms with van der Waals surface area (Å²) in [6, 6.07) is 98.2. The zero-order valence-electron chi connectivity index (χ0n) is 60.5. The molecule has 0 atom stereocenters. The van der Waals surface area contributed by atoms with Crippen LogP contribution in [0.15, 0.2) is 284 Å². The van der Waals surface area contributed by atoms with Crippen LogP contribution in [0.4, 0.5) is 25.2 Å². The first-order valence-corrected chi connectivity index (χ1v) is 43.5. The van der Waals surface area contributed by atoms with E-state index < -0.39 is 45.3 Å². The molecule has 0 aromatic heterocycles. The summed E-state index contributed by atoms with van der Waals surface area (Å²) in [6.45, 7) is 26.4. The molecule has 0 unspecified atom stereocenters. The molecular formula is C85H93BF6I3O6PS-6. The topological polar surface area (TPSA) is 107 Å². The van der Waals surface area contributed by atoms with Crippen molar-refractivity contribution in [3.63, 3.8) is 0 Å². The van der Waals surface area contributed by atoms with E-state index in [2.05, 4.69) is 319 Å². The third kappa shape index (κ3) is 29.0. The van der Waals surface area contributed by atoms with Crippen LogP contribution in [-0.4, -0.2) is 36.4 Å². The predicted octanol–water partition coefficient (Wildman–Crippen LogP) is 10.9. The van der Waals surface area contributed by atoms with Gasteiger partial charge in [-0.3, -0.25) is 0 Å². The maximum Gasteiger partial charge on any atom is 0.108 e. The molecule has 0 amide bonds. The number of aliphatic hydroxyl groups excluding tert-OH is 2. The van der Waals surface area contributed by atoms with Crippen LogP contribution >= 0.6 is 7.81 Å². The zero-order valence-corrected chi connectivity index (χ0v) is 68.7. The summed E-state index contributed by atoms with van der Waals surface area (Å²) in [7, 11) is -13.3.